The van der Waals surface area contributed by atoms with Crippen molar-refractivity contribution in [3.05, 3.63) is 65.0 Å². The number of amides is 1. The second kappa shape index (κ2) is 8.71. The molecule has 33 heavy (non-hydrogen) atoms. The average molecular weight is 483 g/mol. The van der Waals surface area contributed by atoms with E-state index >= 15 is 0 Å². The number of ether oxygens (including phenoxy) is 1. The van der Waals surface area contributed by atoms with Crippen molar-refractivity contribution in [2.24, 2.45) is 0 Å². The van der Waals surface area contributed by atoms with E-state index in [4.69, 9.17) is 4.74 Å². The van der Waals surface area contributed by atoms with Gasteiger partial charge in [0.2, 0.25) is 10.0 Å². The highest BCUT2D eigenvalue weighted by Gasteiger charge is 2.28. The van der Waals surface area contributed by atoms with Crippen molar-refractivity contribution in [2.45, 2.75) is 11.8 Å². The van der Waals surface area contributed by atoms with Crippen LogP contribution in [0.3, 0.4) is 0 Å². The average Bonchev–Trinajstić information content (AvgIpc) is 3.49. The number of nitrogens with zero attached hydrogens (tertiary/aromatic N) is 2. The van der Waals surface area contributed by atoms with Crippen LogP contribution >= 0.6 is 11.3 Å². The molecule has 0 saturated carbocycles. The highest BCUT2D eigenvalue weighted by Crippen LogP contribution is 2.27. The molecule has 2 aromatic heterocycles. The minimum Gasteiger partial charge on any atom is -0.379 e. The van der Waals surface area contributed by atoms with Crippen LogP contribution in [0.25, 0.3) is 21.7 Å². The maximum atomic E-state index is 13.1. The SMILES string of the molecule is Cc1ccc(C(=O)Nc2ccc3nc(-c4cccs4)[nH]c3c2)cc1S(=O)(=O)N1CCOCC1. The number of H-pyrrole nitrogens is 1. The zero-order chi connectivity index (χ0) is 23.0. The number of thiophene rings is 1. The van der Waals surface area contributed by atoms with E-state index in [2.05, 4.69) is 15.3 Å². The van der Waals surface area contributed by atoms with Crippen LogP contribution in [0, 0.1) is 6.92 Å². The van der Waals surface area contributed by atoms with Gasteiger partial charge < -0.3 is 15.0 Å². The molecule has 3 heterocycles. The van der Waals surface area contributed by atoms with Gasteiger partial charge in [-0.05, 0) is 54.3 Å². The monoisotopic (exact) mass is 482 g/mol. The Balaban J connectivity index is 1.39. The van der Waals surface area contributed by atoms with Crippen LogP contribution in [0.2, 0.25) is 0 Å². The van der Waals surface area contributed by atoms with Gasteiger partial charge >= 0.3 is 0 Å². The third-order valence-corrected chi connectivity index (χ3v) is 8.45. The van der Waals surface area contributed by atoms with E-state index in [9.17, 15) is 13.2 Å². The Morgan fingerprint density at radius 3 is 2.73 bits per heavy atom. The summed E-state index contributed by atoms with van der Waals surface area (Å²) >= 11 is 1.59. The van der Waals surface area contributed by atoms with Gasteiger partial charge in [0.1, 0.15) is 5.82 Å². The molecule has 1 aliphatic rings. The molecular formula is C23H22N4O4S2. The Kier molecular flexibility index (Phi) is 5.75. The number of fused-ring (bicyclic) bond motifs is 1. The first-order chi connectivity index (χ1) is 15.9. The summed E-state index contributed by atoms with van der Waals surface area (Å²) in [5.74, 6) is 0.394. The van der Waals surface area contributed by atoms with Crippen LogP contribution in [-0.4, -0.2) is 54.9 Å². The quantitative estimate of drug-likeness (QED) is 0.449. The number of morpholine rings is 1. The van der Waals surface area contributed by atoms with Crippen LogP contribution in [0.15, 0.2) is 58.8 Å². The van der Waals surface area contributed by atoms with Gasteiger partial charge in [0.15, 0.2) is 0 Å². The van der Waals surface area contributed by atoms with Crippen LogP contribution < -0.4 is 5.32 Å². The summed E-state index contributed by atoms with van der Waals surface area (Å²) < 4.78 is 32.9. The number of carbonyl (C=O) groups excluding carboxylic acids is 1. The van der Waals surface area contributed by atoms with Crippen LogP contribution in [-0.2, 0) is 14.8 Å². The Labute approximate surface area is 195 Å². The van der Waals surface area contributed by atoms with Gasteiger partial charge in [-0.3, -0.25) is 4.79 Å². The van der Waals surface area contributed by atoms with Gasteiger partial charge in [0.25, 0.3) is 5.91 Å². The summed E-state index contributed by atoms with van der Waals surface area (Å²) in [5, 5.41) is 4.85. The number of benzene rings is 2. The van der Waals surface area contributed by atoms with Gasteiger partial charge in [-0.1, -0.05) is 12.1 Å². The number of hydrogen-bond acceptors (Lipinski definition) is 6. The molecular weight excluding hydrogens is 460 g/mol. The Morgan fingerprint density at radius 2 is 1.97 bits per heavy atom. The zero-order valence-corrected chi connectivity index (χ0v) is 19.5. The molecule has 1 saturated heterocycles. The number of sulfonamides is 1. The fourth-order valence-corrected chi connectivity index (χ4v) is 6.09. The number of imidazole rings is 1. The lowest BCUT2D eigenvalue weighted by molar-refractivity contribution is 0.0730. The van der Waals surface area contributed by atoms with Crippen molar-refractivity contribution in [1.82, 2.24) is 14.3 Å². The first-order valence-corrected chi connectivity index (χ1v) is 12.8. The first-order valence-electron chi connectivity index (χ1n) is 10.5. The smallest absolute Gasteiger partial charge is 0.255 e. The lowest BCUT2D eigenvalue weighted by Gasteiger charge is -2.26. The van der Waals surface area contributed by atoms with Crippen molar-refractivity contribution < 1.29 is 17.9 Å². The molecule has 0 atom stereocenters. The first kappa shape index (κ1) is 21.8. The molecule has 1 amide bonds. The highest BCUT2D eigenvalue weighted by molar-refractivity contribution is 7.89. The summed E-state index contributed by atoms with van der Waals surface area (Å²) in [5.41, 5.74) is 3.06. The molecule has 1 aliphatic heterocycles. The number of nitrogens with one attached hydrogen (secondary N) is 2. The lowest BCUT2D eigenvalue weighted by Crippen LogP contribution is -2.40. The maximum absolute atomic E-state index is 13.1. The van der Waals surface area contributed by atoms with Gasteiger partial charge in [0, 0.05) is 24.3 Å². The molecule has 1 fully saturated rings. The molecule has 0 unspecified atom stereocenters. The minimum atomic E-state index is -3.71. The third kappa shape index (κ3) is 4.30. The number of rotatable bonds is 5. The van der Waals surface area contributed by atoms with E-state index < -0.39 is 10.0 Å². The van der Waals surface area contributed by atoms with Crippen molar-refractivity contribution in [3.8, 4) is 10.7 Å². The summed E-state index contributed by atoms with van der Waals surface area (Å²) in [6.45, 7) is 3.06. The molecule has 0 spiro atoms. The highest BCUT2D eigenvalue weighted by atomic mass is 32.2. The standard InChI is InChI=1S/C23H22N4O4S2/c1-15-4-5-16(13-21(15)33(29,30)27-8-10-31-11-9-27)23(28)24-17-6-7-18-19(14-17)26-22(25-18)20-3-2-12-32-20/h2-7,12-14H,8-11H2,1H3,(H,24,28)(H,25,26). The lowest BCUT2D eigenvalue weighted by atomic mass is 10.1. The number of aryl methyl sites for hydroxylation is 1. The zero-order valence-electron chi connectivity index (χ0n) is 17.9. The van der Waals surface area contributed by atoms with Crippen molar-refractivity contribution in [2.75, 3.05) is 31.6 Å². The van der Waals surface area contributed by atoms with E-state index in [1.165, 1.54) is 10.4 Å². The van der Waals surface area contributed by atoms with Gasteiger partial charge in [0.05, 0.1) is 34.0 Å². The predicted molar refractivity (Wildman–Crippen MR) is 128 cm³/mol. The summed E-state index contributed by atoms with van der Waals surface area (Å²) in [6.07, 6.45) is 0. The molecule has 0 bridgehead atoms. The number of carbonyl (C=O) groups is 1. The summed E-state index contributed by atoms with van der Waals surface area (Å²) in [4.78, 5) is 22.0. The van der Waals surface area contributed by atoms with E-state index in [0.717, 1.165) is 21.7 Å². The molecule has 2 aromatic carbocycles. The largest absolute Gasteiger partial charge is 0.379 e. The van der Waals surface area contributed by atoms with E-state index in [-0.39, 0.29) is 16.4 Å². The summed E-state index contributed by atoms with van der Waals surface area (Å²) in [7, 11) is -3.71. The Morgan fingerprint density at radius 1 is 1.15 bits per heavy atom. The second-order valence-corrected chi connectivity index (χ2v) is 10.6. The number of aromatic nitrogens is 2. The topological polar surface area (TPSA) is 104 Å². The number of anilines is 1. The number of aromatic amines is 1. The van der Waals surface area contributed by atoms with Crippen molar-refractivity contribution in [3.63, 3.8) is 0 Å². The van der Waals surface area contributed by atoms with Gasteiger partial charge in [-0.2, -0.15) is 4.31 Å². The third-order valence-electron chi connectivity index (χ3n) is 5.53. The molecule has 0 radical (unpaired) electrons. The molecule has 0 aliphatic carbocycles. The number of hydrogen-bond donors (Lipinski definition) is 2. The van der Waals surface area contributed by atoms with Gasteiger partial charge in [-0.15, -0.1) is 11.3 Å². The predicted octanol–water partition coefficient (Wildman–Crippen LogP) is 3.87. The van der Waals surface area contributed by atoms with Crippen molar-refractivity contribution >= 4 is 44.0 Å². The van der Waals surface area contributed by atoms with Crippen LogP contribution in [0.5, 0.6) is 0 Å². The molecule has 170 valence electrons. The fourth-order valence-electron chi connectivity index (χ4n) is 3.77. The minimum absolute atomic E-state index is 0.140. The molecule has 10 heteroatoms. The fraction of sp³-hybridized carbons (Fsp3) is 0.217. The van der Waals surface area contributed by atoms with Crippen LogP contribution in [0.1, 0.15) is 15.9 Å². The summed E-state index contributed by atoms with van der Waals surface area (Å²) in [6, 6.07) is 14.1. The van der Waals surface area contributed by atoms with E-state index in [0.29, 0.717) is 37.6 Å². The van der Waals surface area contributed by atoms with E-state index in [1.807, 2.05) is 29.6 Å². The molecule has 4 aromatic rings. The van der Waals surface area contributed by atoms with Crippen molar-refractivity contribution in [1.29, 1.82) is 0 Å². The molecule has 8 nitrogen and oxygen atoms in total. The molecule has 5 rings (SSSR count). The second-order valence-electron chi connectivity index (χ2n) is 7.75. The normalized spacial score (nSPS) is 15.1. The van der Waals surface area contributed by atoms with Crippen LogP contribution in [0.4, 0.5) is 5.69 Å². The maximum Gasteiger partial charge on any atom is 0.255 e. The van der Waals surface area contributed by atoms with E-state index in [1.54, 1.807) is 36.5 Å². The van der Waals surface area contributed by atoms with Gasteiger partial charge in [-0.25, -0.2) is 13.4 Å². The Bertz CT molecular complexity index is 1420. The molecule has 2 N–H and O–H groups in total. The Hall–Kier alpha value is -3.05.